The molecule has 1 unspecified atom stereocenters. The van der Waals surface area contributed by atoms with Gasteiger partial charge in [-0.05, 0) is 24.3 Å². The third-order valence-corrected chi connectivity index (χ3v) is 3.37. The van der Waals surface area contributed by atoms with E-state index in [1.807, 2.05) is 11.8 Å². The number of thioether (sulfide) groups is 1. The lowest BCUT2D eigenvalue weighted by Gasteiger charge is -2.07. The molecule has 0 spiro atoms. The van der Waals surface area contributed by atoms with E-state index in [0.717, 1.165) is 17.9 Å². The number of hydrogen-bond donors (Lipinski definition) is 2. The average molecular weight is 222 g/mol. The summed E-state index contributed by atoms with van der Waals surface area (Å²) < 4.78 is 0. The quantitative estimate of drug-likeness (QED) is 0.489. The normalized spacial score (nSPS) is 12.8. The summed E-state index contributed by atoms with van der Waals surface area (Å²) in [5.41, 5.74) is 0. The lowest BCUT2D eigenvalue weighted by atomic mass is 10.1. The van der Waals surface area contributed by atoms with E-state index in [1.54, 1.807) is 0 Å². The molecule has 0 amide bonds. The highest BCUT2D eigenvalue weighted by atomic mass is 32.2. The highest BCUT2D eigenvalue weighted by molar-refractivity contribution is 7.99. The molecular formula is C9H18O2S2. The lowest BCUT2D eigenvalue weighted by molar-refractivity contribution is -0.140. The van der Waals surface area contributed by atoms with Crippen LogP contribution in [0.2, 0.25) is 0 Å². The zero-order valence-corrected chi connectivity index (χ0v) is 9.74. The summed E-state index contributed by atoms with van der Waals surface area (Å²) in [7, 11) is 0. The molecule has 0 saturated carbocycles. The zero-order valence-electron chi connectivity index (χ0n) is 8.03. The maximum Gasteiger partial charge on any atom is 0.307 e. The summed E-state index contributed by atoms with van der Waals surface area (Å²) in [6.45, 7) is 2.16. The first-order valence-corrected chi connectivity index (χ1v) is 6.42. The van der Waals surface area contributed by atoms with Gasteiger partial charge in [0.1, 0.15) is 0 Å². The Hall–Kier alpha value is 0.170. The van der Waals surface area contributed by atoms with E-state index in [9.17, 15) is 4.79 Å². The Bertz CT molecular complexity index is 140. The minimum absolute atomic E-state index is 0.266. The molecule has 78 valence electrons. The number of aliphatic carboxylic acids is 1. The van der Waals surface area contributed by atoms with Crippen LogP contribution in [0.15, 0.2) is 0 Å². The van der Waals surface area contributed by atoms with E-state index in [-0.39, 0.29) is 5.92 Å². The third-order valence-electron chi connectivity index (χ3n) is 1.82. The summed E-state index contributed by atoms with van der Waals surface area (Å²) >= 11 is 5.85. The van der Waals surface area contributed by atoms with E-state index in [0.29, 0.717) is 5.75 Å². The maximum atomic E-state index is 10.6. The number of carbonyl (C=O) groups is 1. The first-order chi connectivity index (χ1) is 6.22. The Balaban J connectivity index is 3.33. The molecule has 1 atom stereocenters. The maximum absolute atomic E-state index is 10.6. The predicted octanol–water partition coefficient (Wildman–Crippen LogP) is 2.54. The van der Waals surface area contributed by atoms with Crippen LogP contribution in [0.5, 0.6) is 0 Å². The molecule has 0 saturated heterocycles. The molecule has 0 fully saturated rings. The Morgan fingerprint density at radius 3 is 2.69 bits per heavy atom. The molecule has 0 aromatic carbocycles. The fourth-order valence-electron chi connectivity index (χ4n) is 0.867. The highest BCUT2D eigenvalue weighted by Crippen LogP contribution is 2.12. The van der Waals surface area contributed by atoms with Gasteiger partial charge in [-0.1, -0.05) is 13.3 Å². The van der Waals surface area contributed by atoms with E-state index in [1.165, 1.54) is 12.8 Å². The van der Waals surface area contributed by atoms with Crippen LogP contribution in [0.1, 0.15) is 26.2 Å². The van der Waals surface area contributed by atoms with Gasteiger partial charge >= 0.3 is 5.97 Å². The average Bonchev–Trinajstić information content (AvgIpc) is 2.10. The molecule has 0 aliphatic rings. The topological polar surface area (TPSA) is 37.3 Å². The Labute approximate surface area is 89.9 Å². The fraction of sp³-hybridized carbons (Fsp3) is 0.889. The second-order valence-electron chi connectivity index (χ2n) is 2.97. The van der Waals surface area contributed by atoms with Crippen LogP contribution in [-0.4, -0.2) is 28.3 Å². The minimum Gasteiger partial charge on any atom is -0.481 e. The molecule has 1 N–H and O–H groups in total. The van der Waals surface area contributed by atoms with Crippen LogP contribution in [0.3, 0.4) is 0 Å². The van der Waals surface area contributed by atoms with Crippen LogP contribution in [0, 0.1) is 5.92 Å². The van der Waals surface area contributed by atoms with Gasteiger partial charge in [-0.2, -0.15) is 24.4 Å². The van der Waals surface area contributed by atoms with E-state index >= 15 is 0 Å². The van der Waals surface area contributed by atoms with Gasteiger partial charge in [0.25, 0.3) is 0 Å². The van der Waals surface area contributed by atoms with Gasteiger partial charge in [0.15, 0.2) is 0 Å². The van der Waals surface area contributed by atoms with Gasteiger partial charge in [-0.25, -0.2) is 0 Å². The van der Waals surface area contributed by atoms with E-state index in [2.05, 4.69) is 19.6 Å². The molecule has 0 heterocycles. The smallest absolute Gasteiger partial charge is 0.307 e. The van der Waals surface area contributed by atoms with Crippen molar-refractivity contribution in [2.45, 2.75) is 26.2 Å². The Morgan fingerprint density at radius 2 is 2.23 bits per heavy atom. The number of carboxylic acid groups (broad SMARTS) is 1. The third kappa shape index (κ3) is 7.26. The largest absolute Gasteiger partial charge is 0.481 e. The highest BCUT2D eigenvalue weighted by Gasteiger charge is 2.14. The Morgan fingerprint density at radius 1 is 1.54 bits per heavy atom. The first-order valence-electron chi connectivity index (χ1n) is 4.63. The number of thiol groups is 1. The van der Waals surface area contributed by atoms with Gasteiger partial charge in [0.05, 0.1) is 5.92 Å². The summed E-state index contributed by atoms with van der Waals surface area (Å²) in [4.78, 5) is 10.6. The second-order valence-corrected chi connectivity index (χ2v) is 4.56. The minimum atomic E-state index is -0.717. The molecule has 0 bridgehead atoms. The first kappa shape index (κ1) is 13.2. The molecule has 0 aromatic heterocycles. The van der Waals surface area contributed by atoms with Crippen molar-refractivity contribution in [3.05, 3.63) is 0 Å². The summed E-state index contributed by atoms with van der Waals surface area (Å²) in [6.07, 6.45) is 3.18. The standard InChI is InChI=1S/C9H18O2S2/c1-2-3-5-13-6-4-8(7-12)9(10)11/h8,12H,2-7H2,1H3,(H,10,11). The molecular weight excluding hydrogens is 204 g/mol. The molecule has 4 heteroatoms. The van der Waals surface area contributed by atoms with Crippen molar-refractivity contribution < 1.29 is 9.90 Å². The van der Waals surface area contributed by atoms with Crippen molar-refractivity contribution >= 4 is 30.4 Å². The van der Waals surface area contributed by atoms with Crippen LogP contribution in [0.25, 0.3) is 0 Å². The SMILES string of the molecule is CCCCSCCC(CS)C(=O)O. The molecule has 13 heavy (non-hydrogen) atoms. The number of rotatable bonds is 8. The summed E-state index contributed by atoms with van der Waals surface area (Å²) in [6, 6.07) is 0. The molecule has 0 rings (SSSR count). The molecule has 0 aromatic rings. The van der Waals surface area contributed by atoms with E-state index in [4.69, 9.17) is 5.11 Å². The molecule has 0 aliphatic heterocycles. The van der Waals surface area contributed by atoms with Gasteiger partial charge < -0.3 is 5.11 Å². The van der Waals surface area contributed by atoms with Gasteiger partial charge in [0.2, 0.25) is 0 Å². The van der Waals surface area contributed by atoms with Crippen molar-refractivity contribution in [2.75, 3.05) is 17.3 Å². The second kappa shape index (κ2) is 8.75. The van der Waals surface area contributed by atoms with Crippen LogP contribution in [-0.2, 0) is 4.79 Å². The van der Waals surface area contributed by atoms with Crippen molar-refractivity contribution in [3.8, 4) is 0 Å². The van der Waals surface area contributed by atoms with Crippen molar-refractivity contribution in [2.24, 2.45) is 5.92 Å². The molecule has 2 nitrogen and oxygen atoms in total. The van der Waals surface area contributed by atoms with Gasteiger partial charge in [-0.3, -0.25) is 4.79 Å². The fourth-order valence-corrected chi connectivity index (χ4v) is 2.35. The monoisotopic (exact) mass is 222 g/mol. The van der Waals surface area contributed by atoms with Gasteiger partial charge in [0, 0.05) is 5.75 Å². The Kier molecular flexibility index (Phi) is 8.87. The van der Waals surface area contributed by atoms with Crippen molar-refractivity contribution in [1.82, 2.24) is 0 Å². The number of unbranched alkanes of at least 4 members (excludes halogenated alkanes) is 1. The summed E-state index contributed by atoms with van der Waals surface area (Å²) in [5, 5.41) is 8.72. The number of carboxylic acids is 1. The number of hydrogen-bond acceptors (Lipinski definition) is 3. The van der Waals surface area contributed by atoms with Crippen LogP contribution < -0.4 is 0 Å². The van der Waals surface area contributed by atoms with Crippen LogP contribution >= 0.6 is 24.4 Å². The predicted molar refractivity (Wildman–Crippen MR) is 61.8 cm³/mol. The van der Waals surface area contributed by atoms with E-state index < -0.39 is 5.97 Å². The van der Waals surface area contributed by atoms with Crippen molar-refractivity contribution in [3.63, 3.8) is 0 Å². The molecule has 0 aliphatic carbocycles. The molecule has 0 radical (unpaired) electrons. The van der Waals surface area contributed by atoms with Crippen molar-refractivity contribution in [1.29, 1.82) is 0 Å². The van der Waals surface area contributed by atoms with Gasteiger partial charge in [-0.15, -0.1) is 0 Å². The summed E-state index contributed by atoms with van der Waals surface area (Å²) in [5.74, 6) is 1.56. The van der Waals surface area contributed by atoms with Crippen LogP contribution in [0.4, 0.5) is 0 Å². The lowest BCUT2D eigenvalue weighted by Crippen LogP contribution is -2.16. The zero-order chi connectivity index (χ0) is 10.1.